The van der Waals surface area contributed by atoms with Crippen LogP contribution in [0.25, 0.3) is 0 Å². The van der Waals surface area contributed by atoms with Crippen LogP contribution in [0.3, 0.4) is 0 Å². The number of nitrogens with zero attached hydrogens (tertiary/aromatic N) is 2. The highest BCUT2D eigenvalue weighted by atomic mass is 32.2. The Morgan fingerprint density at radius 3 is 2.52 bits per heavy atom. The number of aromatic nitrogens is 1. The van der Waals surface area contributed by atoms with Crippen LogP contribution < -0.4 is 5.32 Å². The molecule has 1 atom stereocenters. The molecular weight excluding hydrogens is 398 g/mol. The van der Waals surface area contributed by atoms with Crippen molar-refractivity contribution in [3.8, 4) is 6.07 Å². The van der Waals surface area contributed by atoms with Crippen molar-refractivity contribution < 1.29 is 4.79 Å². The lowest BCUT2D eigenvalue weighted by atomic mass is 10.0. The molecule has 0 fully saturated rings. The summed E-state index contributed by atoms with van der Waals surface area (Å²) in [6.07, 6.45) is 0. The van der Waals surface area contributed by atoms with Crippen molar-refractivity contribution in [1.82, 2.24) is 10.3 Å². The molecule has 0 aliphatic carbocycles. The summed E-state index contributed by atoms with van der Waals surface area (Å²) in [4.78, 5) is 18.4. The predicted molar refractivity (Wildman–Crippen MR) is 119 cm³/mol. The lowest BCUT2D eigenvalue weighted by Crippen LogP contribution is -2.30. The van der Waals surface area contributed by atoms with Gasteiger partial charge in [-0.25, -0.2) is 4.98 Å². The number of carbonyl (C=O) groups is 1. The van der Waals surface area contributed by atoms with E-state index in [1.807, 2.05) is 45.2 Å². The Balaban J connectivity index is 1.77. The number of thiophene rings is 1. The molecule has 29 heavy (non-hydrogen) atoms. The number of hydrogen-bond donors (Lipinski definition) is 1. The Labute approximate surface area is 180 Å². The van der Waals surface area contributed by atoms with Crippen molar-refractivity contribution in [3.63, 3.8) is 0 Å². The summed E-state index contributed by atoms with van der Waals surface area (Å²) in [6, 6.07) is 14.3. The molecule has 148 valence electrons. The van der Waals surface area contributed by atoms with Gasteiger partial charge in [0.25, 0.3) is 0 Å². The fourth-order valence-electron chi connectivity index (χ4n) is 3.02. The van der Waals surface area contributed by atoms with Crippen molar-refractivity contribution in [1.29, 1.82) is 5.26 Å². The molecule has 1 aromatic carbocycles. The third kappa shape index (κ3) is 4.87. The van der Waals surface area contributed by atoms with E-state index in [4.69, 9.17) is 0 Å². The number of pyridine rings is 1. The number of amides is 1. The van der Waals surface area contributed by atoms with Crippen molar-refractivity contribution >= 4 is 29.0 Å². The number of rotatable bonds is 6. The molecule has 6 heteroatoms. The molecule has 2 aromatic heterocycles. The van der Waals surface area contributed by atoms with Crippen LogP contribution in [0, 0.1) is 39.0 Å². The number of thioether (sulfide) groups is 1. The van der Waals surface area contributed by atoms with Gasteiger partial charge in [0.2, 0.25) is 5.91 Å². The van der Waals surface area contributed by atoms with Crippen LogP contribution in [0.1, 0.15) is 44.4 Å². The van der Waals surface area contributed by atoms with Gasteiger partial charge in [0.15, 0.2) is 0 Å². The summed E-state index contributed by atoms with van der Waals surface area (Å²) in [5.41, 5.74) is 5.63. The van der Waals surface area contributed by atoms with Crippen LogP contribution in [-0.4, -0.2) is 16.6 Å². The molecular formula is C23H23N3OS2. The number of nitriles is 1. The monoisotopic (exact) mass is 421 g/mol. The smallest absolute Gasteiger partial charge is 0.231 e. The lowest BCUT2D eigenvalue weighted by molar-refractivity contribution is -0.119. The molecule has 0 bridgehead atoms. The fraction of sp³-hybridized carbons (Fsp3) is 0.261. The zero-order valence-electron chi connectivity index (χ0n) is 16.9. The zero-order valence-corrected chi connectivity index (χ0v) is 18.6. The first-order valence-electron chi connectivity index (χ1n) is 9.30. The fourth-order valence-corrected chi connectivity index (χ4v) is 4.72. The molecule has 3 aromatic rings. The van der Waals surface area contributed by atoms with E-state index in [0.717, 1.165) is 27.3 Å². The van der Waals surface area contributed by atoms with Crippen molar-refractivity contribution in [2.45, 2.75) is 38.8 Å². The maximum absolute atomic E-state index is 12.8. The van der Waals surface area contributed by atoms with Gasteiger partial charge < -0.3 is 5.32 Å². The van der Waals surface area contributed by atoms with Gasteiger partial charge in [-0.05, 0) is 55.8 Å². The second-order valence-corrected chi connectivity index (χ2v) is 8.90. The number of benzene rings is 1. The summed E-state index contributed by atoms with van der Waals surface area (Å²) in [6.45, 7) is 7.87. The normalized spacial score (nSPS) is 11.7. The summed E-state index contributed by atoms with van der Waals surface area (Å²) >= 11 is 2.93. The van der Waals surface area contributed by atoms with Gasteiger partial charge in [-0.3, -0.25) is 4.79 Å². The topological polar surface area (TPSA) is 65.8 Å². The maximum atomic E-state index is 12.8. The van der Waals surface area contributed by atoms with E-state index in [9.17, 15) is 10.1 Å². The quantitative estimate of drug-likeness (QED) is 0.552. The SMILES string of the molecule is Cc1ccc([C@@H](NC(=O)CSc2nc(C)c(C)c(C)c2C#N)c2cccs2)cc1. The van der Waals surface area contributed by atoms with Gasteiger partial charge in [0.05, 0.1) is 17.4 Å². The van der Waals surface area contributed by atoms with Gasteiger partial charge in [0, 0.05) is 10.6 Å². The van der Waals surface area contributed by atoms with E-state index in [1.165, 1.54) is 17.3 Å². The van der Waals surface area contributed by atoms with E-state index < -0.39 is 0 Å². The van der Waals surface area contributed by atoms with Crippen LogP contribution in [0.5, 0.6) is 0 Å². The molecule has 0 aliphatic heterocycles. The predicted octanol–water partition coefficient (Wildman–Crippen LogP) is 5.25. The Morgan fingerprint density at radius 1 is 1.17 bits per heavy atom. The van der Waals surface area contributed by atoms with Crippen LogP contribution in [0.4, 0.5) is 0 Å². The Morgan fingerprint density at radius 2 is 1.90 bits per heavy atom. The van der Waals surface area contributed by atoms with Crippen molar-refractivity contribution in [2.75, 3.05) is 5.75 Å². The highest BCUT2D eigenvalue weighted by molar-refractivity contribution is 8.00. The minimum absolute atomic E-state index is 0.0875. The number of hydrogen-bond acceptors (Lipinski definition) is 5. The Kier molecular flexibility index (Phi) is 6.73. The van der Waals surface area contributed by atoms with Crippen molar-refractivity contribution in [3.05, 3.63) is 80.2 Å². The van der Waals surface area contributed by atoms with Gasteiger partial charge in [-0.15, -0.1) is 11.3 Å². The number of nitrogens with one attached hydrogen (secondary N) is 1. The summed E-state index contributed by atoms with van der Waals surface area (Å²) < 4.78 is 0. The van der Waals surface area contributed by atoms with Gasteiger partial charge in [0.1, 0.15) is 11.1 Å². The second kappa shape index (κ2) is 9.25. The molecule has 3 rings (SSSR count). The average molecular weight is 422 g/mol. The van der Waals surface area contributed by atoms with Crippen LogP contribution in [0.15, 0.2) is 46.8 Å². The Bertz CT molecular complexity index is 1050. The lowest BCUT2D eigenvalue weighted by Gasteiger charge is -2.18. The molecule has 0 unspecified atom stereocenters. The van der Waals surface area contributed by atoms with E-state index in [2.05, 4.69) is 40.6 Å². The zero-order chi connectivity index (χ0) is 21.0. The molecule has 2 heterocycles. The summed E-state index contributed by atoms with van der Waals surface area (Å²) in [5.74, 6) is 0.118. The molecule has 1 N–H and O–H groups in total. The first-order valence-corrected chi connectivity index (χ1v) is 11.2. The molecule has 0 saturated heterocycles. The largest absolute Gasteiger partial charge is 0.344 e. The minimum atomic E-state index is -0.186. The third-order valence-electron chi connectivity index (χ3n) is 4.96. The van der Waals surface area contributed by atoms with E-state index in [-0.39, 0.29) is 17.7 Å². The first kappa shape index (κ1) is 21.1. The van der Waals surface area contributed by atoms with Crippen LogP contribution in [0.2, 0.25) is 0 Å². The summed E-state index contributed by atoms with van der Waals surface area (Å²) in [5, 5.41) is 15.3. The molecule has 1 amide bonds. The average Bonchev–Trinajstić information content (AvgIpc) is 3.24. The standard InChI is InChI=1S/C23H23N3OS2/c1-14-7-9-18(10-8-14)22(20-6-5-11-28-20)26-21(27)13-29-23-19(12-24)16(3)15(2)17(4)25-23/h5-11,22H,13H2,1-4H3,(H,26,27)/t22-/m1/s1. The highest BCUT2D eigenvalue weighted by Crippen LogP contribution is 2.28. The Hall–Kier alpha value is -2.62. The first-order chi connectivity index (χ1) is 13.9. The second-order valence-electron chi connectivity index (χ2n) is 6.95. The molecule has 4 nitrogen and oxygen atoms in total. The van der Waals surface area contributed by atoms with Crippen LogP contribution in [-0.2, 0) is 4.79 Å². The molecule has 0 spiro atoms. The molecule has 0 aliphatic rings. The third-order valence-corrected chi connectivity index (χ3v) is 6.87. The van der Waals surface area contributed by atoms with Gasteiger partial charge in [-0.1, -0.05) is 47.7 Å². The molecule has 0 saturated carbocycles. The molecule has 0 radical (unpaired) electrons. The summed E-state index contributed by atoms with van der Waals surface area (Å²) in [7, 11) is 0. The van der Waals surface area contributed by atoms with Crippen LogP contribution >= 0.6 is 23.1 Å². The number of aryl methyl sites for hydroxylation is 2. The van der Waals surface area contributed by atoms with E-state index >= 15 is 0 Å². The highest BCUT2D eigenvalue weighted by Gasteiger charge is 2.19. The van der Waals surface area contributed by atoms with E-state index in [1.54, 1.807) is 11.3 Å². The van der Waals surface area contributed by atoms with E-state index in [0.29, 0.717) is 10.6 Å². The van der Waals surface area contributed by atoms with Crippen molar-refractivity contribution in [2.24, 2.45) is 0 Å². The maximum Gasteiger partial charge on any atom is 0.231 e. The minimum Gasteiger partial charge on any atom is -0.344 e. The van der Waals surface area contributed by atoms with Gasteiger partial charge >= 0.3 is 0 Å². The number of carbonyl (C=O) groups excluding carboxylic acids is 1. The van der Waals surface area contributed by atoms with Gasteiger partial charge in [-0.2, -0.15) is 5.26 Å².